The van der Waals surface area contributed by atoms with Crippen molar-refractivity contribution >= 4 is 17.3 Å². The summed E-state index contributed by atoms with van der Waals surface area (Å²) in [6.07, 6.45) is 6.39. The normalized spacial score (nSPS) is 14.2. The number of hydrogen-bond acceptors (Lipinski definition) is 3. The van der Waals surface area contributed by atoms with Gasteiger partial charge in [-0.25, -0.2) is 0 Å². The summed E-state index contributed by atoms with van der Waals surface area (Å²) in [4.78, 5) is 6.49. The highest BCUT2D eigenvalue weighted by Gasteiger charge is 2.20. The van der Waals surface area contributed by atoms with Crippen LogP contribution < -0.4 is 10.2 Å². The van der Waals surface area contributed by atoms with Crippen molar-refractivity contribution in [3.8, 4) is 0 Å². The van der Waals surface area contributed by atoms with Crippen molar-refractivity contribution in [2.24, 2.45) is 0 Å². The van der Waals surface area contributed by atoms with E-state index in [1.54, 1.807) is 0 Å². The van der Waals surface area contributed by atoms with Gasteiger partial charge in [-0.1, -0.05) is 29.8 Å². The number of anilines is 1. The molecule has 1 saturated carbocycles. The van der Waals surface area contributed by atoms with Crippen LogP contribution in [0.15, 0.2) is 42.7 Å². The van der Waals surface area contributed by atoms with Gasteiger partial charge in [0.25, 0.3) is 0 Å². The fraction of sp³-hybridized carbons (Fsp3) is 0.353. The second-order valence-electron chi connectivity index (χ2n) is 5.61. The summed E-state index contributed by atoms with van der Waals surface area (Å²) in [5, 5.41) is 4.37. The molecule has 4 heteroatoms. The molecule has 0 unspecified atom stereocenters. The molecule has 1 aliphatic rings. The number of hydrogen-bond donors (Lipinski definition) is 1. The van der Waals surface area contributed by atoms with E-state index in [1.165, 1.54) is 24.1 Å². The molecule has 3 rings (SSSR count). The zero-order valence-corrected chi connectivity index (χ0v) is 13.0. The molecule has 2 aromatic rings. The van der Waals surface area contributed by atoms with E-state index < -0.39 is 0 Å². The molecule has 3 nitrogen and oxygen atoms in total. The van der Waals surface area contributed by atoms with Crippen LogP contribution in [0.2, 0.25) is 5.02 Å². The van der Waals surface area contributed by atoms with E-state index in [1.807, 2.05) is 30.6 Å². The lowest BCUT2D eigenvalue weighted by atomic mass is 10.1. The minimum atomic E-state index is 0.701. The Labute approximate surface area is 131 Å². The molecule has 21 heavy (non-hydrogen) atoms. The van der Waals surface area contributed by atoms with E-state index in [0.29, 0.717) is 6.04 Å². The predicted octanol–water partition coefficient (Wildman–Crippen LogP) is 3.62. The molecule has 0 amide bonds. The lowest BCUT2D eigenvalue weighted by molar-refractivity contribution is 0.683. The van der Waals surface area contributed by atoms with Crippen molar-refractivity contribution in [1.29, 1.82) is 0 Å². The van der Waals surface area contributed by atoms with Crippen molar-refractivity contribution in [1.82, 2.24) is 10.3 Å². The molecule has 0 radical (unpaired) electrons. The van der Waals surface area contributed by atoms with Crippen LogP contribution in [0.25, 0.3) is 0 Å². The largest absolute Gasteiger partial charge is 0.370 e. The van der Waals surface area contributed by atoms with Crippen LogP contribution >= 0.6 is 11.6 Å². The van der Waals surface area contributed by atoms with Gasteiger partial charge in [-0.15, -0.1) is 0 Å². The van der Waals surface area contributed by atoms with E-state index in [4.69, 9.17) is 11.6 Å². The van der Waals surface area contributed by atoms with Gasteiger partial charge in [0.1, 0.15) is 0 Å². The maximum absolute atomic E-state index is 6.26. The van der Waals surface area contributed by atoms with E-state index >= 15 is 0 Å². The van der Waals surface area contributed by atoms with Gasteiger partial charge in [0, 0.05) is 54.8 Å². The summed E-state index contributed by atoms with van der Waals surface area (Å²) < 4.78 is 0. The Bertz CT molecular complexity index is 610. The lowest BCUT2D eigenvalue weighted by Crippen LogP contribution is -2.22. The van der Waals surface area contributed by atoms with E-state index in [0.717, 1.165) is 23.7 Å². The molecule has 0 bridgehead atoms. The highest BCUT2D eigenvalue weighted by atomic mass is 35.5. The fourth-order valence-corrected chi connectivity index (χ4v) is 2.63. The molecule has 0 atom stereocenters. The summed E-state index contributed by atoms with van der Waals surface area (Å²) in [6, 6.07) is 10.8. The van der Waals surface area contributed by atoms with Crippen LogP contribution in [-0.2, 0) is 13.1 Å². The van der Waals surface area contributed by atoms with Gasteiger partial charge >= 0.3 is 0 Å². The van der Waals surface area contributed by atoms with Crippen LogP contribution in [0.4, 0.5) is 5.69 Å². The van der Waals surface area contributed by atoms with Gasteiger partial charge in [-0.3, -0.25) is 4.98 Å². The van der Waals surface area contributed by atoms with Crippen LogP contribution in [0, 0.1) is 0 Å². The number of rotatable bonds is 6. The molecule has 1 aromatic heterocycles. The van der Waals surface area contributed by atoms with Crippen molar-refractivity contribution in [3.05, 3.63) is 58.9 Å². The van der Waals surface area contributed by atoms with Crippen LogP contribution in [0.3, 0.4) is 0 Å². The quantitative estimate of drug-likeness (QED) is 0.883. The summed E-state index contributed by atoms with van der Waals surface area (Å²) in [7, 11) is 2.10. The molecule has 0 spiro atoms. The summed E-state index contributed by atoms with van der Waals surface area (Å²) in [5.41, 5.74) is 3.58. The smallest absolute Gasteiger partial charge is 0.0455 e. The first-order valence-electron chi connectivity index (χ1n) is 7.35. The zero-order valence-electron chi connectivity index (χ0n) is 12.2. The number of benzene rings is 1. The average Bonchev–Trinajstić information content (AvgIpc) is 3.32. The van der Waals surface area contributed by atoms with Gasteiger partial charge in [0.05, 0.1) is 0 Å². The van der Waals surface area contributed by atoms with Crippen LogP contribution in [0.5, 0.6) is 0 Å². The Balaban J connectivity index is 1.74. The highest BCUT2D eigenvalue weighted by molar-refractivity contribution is 6.31. The molecule has 1 aliphatic carbocycles. The third-order valence-electron chi connectivity index (χ3n) is 3.81. The molecule has 1 heterocycles. The molecule has 0 saturated heterocycles. The van der Waals surface area contributed by atoms with Gasteiger partial charge in [-0.2, -0.15) is 0 Å². The van der Waals surface area contributed by atoms with Gasteiger partial charge in [0.15, 0.2) is 0 Å². The van der Waals surface area contributed by atoms with Crippen LogP contribution in [0.1, 0.15) is 24.0 Å². The molecular weight excluding hydrogens is 282 g/mol. The SMILES string of the molecule is CN(Cc1ccccc1Cl)c1ccncc1CNC1CC1. The summed E-state index contributed by atoms with van der Waals surface area (Å²) in [5.74, 6) is 0. The van der Waals surface area contributed by atoms with E-state index in [9.17, 15) is 0 Å². The molecule has 0 aliphatic heterocycles. The summed E-state index contributed by atoms with van der Waals surface area (Å²) in [6.45, 7) is 1.67. The van der Waals surface area contributed by atoms with Gasteiger partial charge in [0.2, 0.25) is 0 Å². The van der Waals surface area contributed by atoms with Crippen molar-refractivity contribution in [3.63, 3.8) is 0 Å². The first-order chi connectivity index (χ1) is 10.2. The fourth-order valence-electron chi connectivity index (χ4n) is 2.44. The Morgan fingerprint density at radius 1 is 1.24 bits per heavy atom. The minimum absolute atomic E-state index is 0.701. The minimum Gasteiger partial charge on any atom is -0.370 e. The third kappa shape index (κ3) is 3.74. The Kier molecular flexibility index (Phi) is 4.42. The molecular formula is C17H20ClN3. The number of halogens is 1. The van der Waals surface area contributed by atoms with Crippen LogP contribution in [-0.4, -0.2) is 18.1 Å². The highest BCUT2D eigenvalue weighted by Crippen LogP contribution is 2.25. The van der Waals surface area contributed by atoms with Gasteiger partial charge in [-0.05, 0) is 30.5 Å². The van der Waals surface area contributed by atoms with Crippen molar-refractivity contribution in [2.75, 3.05) is 11.9 Å². The maximum Gasteiger partial charge on any atom is 0.0455 e. The lowest BCUT2D eigenvalue weighted by Gasteiger charge is -2.23. The topological polar surface area (TPSA) is 28.2 Å². The molecule has 1 fully saturated rings. The second kappa shape index (κ2) is 6.46. The molecule has 1 N–H and O–H groups in total. The number of pyridine rings is 1. The summed E-state index contributed by atoms with van der Waals surface area (Å²) >= 11 is 6.26. The number of aromatic nitrogens is 1. The van der Waals surface area contributed by atoms with E-state index in [-0.39, 0.29) is 0 Å². The van der Waals surface area contributed by atoms with Gasteiger partial charge < -0.3 is 10.2 Å². The predicted molar refractivity (Wildman–Crippen MR) is 87.7 cm³/mol. The molecule has 110 valence electrons. The Hall–Kier alpha value is -1.58. The number of nitrogens with zero attached hydrogens (tertiary/aromatic N) is 2. The first-order valence-corrected chi connectivity index (χ1v) is 7.72. The van der Waals surface area contributed by atoms with E-state index in [2.05, 4.69) is 34.4 Å². The van der Waals surface area contributed by atoms with Crippen molar-refractivity contribution in [2.45, 2.75) is 32.0 Å². The average molecular weight is 302 g/mol. The first kappa shape index (κ1) is 14.4. The Morgan fingerprint density at radius 2 is 2.05 bits per heavy atom. The third-order valence-corrected chi connectivity index (χ3v) is 4.18. The molecule has 1 aromatic carbocycles. The zero-order chi connectivity index (χ0) is 14.7. The monoisotopic (exact) mass is 301 g/mol. The Morgan fingerprint density at radius 3 is 2.81 bits per heavy atom. The second-order valence-corrected chi connectivity index (χ2v) is 6.01. The van der Waals surface area contributed by atoms with Crippen molar-refractivity contribution < 1.29 is 0 Å². The maximum atomic E-state index is 6.26. The standard InChI is InChI=1S/C17H20ClN3/c1-21(12-13-4-2-3-5-16(13)18)17-8-9-19-10-14(17)11-20-15-6-7-15/h2-5,8-10,15,20H,6-7,11-12H2,1H3. The number of nitrogens with one attached hydrogen (secondary N) is 1.